The Bertz CT molecular complexity index is 209. The monoisotopic (exact) mass is 280 g/mol. The molecule has 0 aromatic heterocycles. The second-order valence-electron chi connectivity index (χ2n) is 2.52. The normalized spacial score (nSPS) is 17.0. The van der Waals surface area contributed by atoms with Crippen LogP contribution in [0.4, 0.5) is 25.2 Å². The Morgan fingerprint density at radius 2 is 1.53 bits per heavy atom. The van der Waals surface area contributed by atoms with E-state index in [4.69, 9.17) is 11.6 Å². The molecule has 0 saturated heterocycles. The zero-order valence-electron chi connectivity index (χ0n) is 8.03. The zero-order chi connectivity index (χ0) is 12.8. The molecule has 96 valence electrons. The van der Waals surface area contributed by atoms with Crippen molar-refractivity contribution in [3.63, 3.8) is 0 Å². The van der Waals surface area contributed by atoms with Gasteiger partial charge in [0.1, 0.15) is 0 Å². The first-order valence-corrected chi connectivity index (χ1v) is 6.22. The molecule has 0 fully saturated rings. The van der Waals surface area contributed by atoms with E-state index in [9.17, 15) is 25.2 Å². The van der Waals surface area contributed by atoms with Crippen molar-refractivity contribution in [2.45, 2.75) is 6.92 Å². The van der Waals surface area contributed by atoms with Crippen LogP contribution in [0.15, 0.2) is 0 Å². The number of alkyl halides is 1. The van der Waals surface area contributed by atoms with Crippen LogP contribution in [0, 0.1) is 0 Å². The Hall–Kier alpha value is -0.230. The van der Waals surface area contributed by atoms with E-state index in [1.807, 2.05) is 24.9 Å². The molecule has 0 spiro atoms. The molecule has 0 aromatic rings. The average molecular weight is 281 g/mol. The molecule has 0 bridgehead atoms. The van der Waals surface area contributed by atoms with Gasteiger partial charge in [-0.25, -0.2) is 0 Å². The quantitative estimate of drug-likeness (QED) is 0.158. The Balaban J connectivity index is 0. The summed E-state index contributed by atoms with van der Waals surface area (Å²) in [4.78, 5) is 0. The first kappa shape index (κ1) is 17.2. The van der Waals surface area contributed by atoms with Crippen LogP contribution in [-0.2, 0) is 0 Å². The third-order valence-electron chi connectivity index (χ3n) is 0.704. The van der Waals surface area contributed by atoms with Gasteiger partial charge >= 0.3 is 33.0 Å². The fraction of sp³-hybridized carbons (Fsp3) is 0.800. The van der Waals surface area contributed by atoms with E-state index in [-0.39, 0.29) is 0 Å². The maximum atomic E-state index is 9.87. The first-order valence-electron chi connectivity index (χ1n) is 3.65. The number of hydrogen-bond donors (Lipinski definition) is 1. The van der Waals surface area contributed by atoms with Crippen molar-refractivity contribution in [1.82, 2.24) is 5.32 Å². The molecule has 0 unspecified atom stereocenters. The minimum atomic E-state index is -10.7. The molecular weight excluding hydrogens is 268 g/mol. The van der Waals surface area contributed by atoms with Crippen LogP contribution in [0.3, 0.4) is 0 Å². The van der Waals surface area contributed by atoms with Crippen LogP contribution in [-0.4, -0.2) is 30.5 Å². The predicted octanol–water partition coefficient (Wildman–Crippen LogP) is 3.85. The van der Waals surface area contributed by atoms with Crippen LogP contribution in [0.1, 0.15) is 6.92 Å². The topological polar surface area (TPSA) is 15.0 Å². The van der Waals surface area contributed by atoms with Gasteiger partial charge in [-0.05, 0) is 6.92 Å². The molecule has 0 heterocycles. The van der Waals surface area contributed by atoms with Gasteiger partial charge in [0.15, 0.2) is 6.00 Å². The predicted molar refractivity (Wildman–Crippen MR) is 50.2 cm³/mol. The van der Waals surface area contributed by atoms with Gasteiger partial charge in [0.25, 0.3) is 0 Å². The number of hydrogen-bond acceptors (Lipinski definition) is 0. The molecule has 1 N–H and O–H groups in total. The molecule has 0 aromatic carbocycles. The summed E-state index contributed by atoms with van der Waals surface area (Å²) in [6, 6.07) is 0.535. The number of nitrogens with zero attached hydrogens (tertiary/aromatic N) is 1. The van der Waals surface area contributed by atoms with Crippen LogP contribution in [0.5, 0.6) is 0 Å². The van der Waals surface area contributed by atoms with Crippen molar-refractivity contribution in [1.29, 1.82) is 0 Å². The van der Waals surface area contributed by atoms with Crippen molar-refractivity contribution in [3.05, 3.63) is 0 Å². The summed E-state index contributed by atoms with van der Waals surface area (Å²) < 4.78 is 61.1. The number of rotatable bonds is 3. The van der Waals surface area contributed by atoms with Crippen LogP contribution in [0.25, 0.3) is 0 Å². The van der Waals surface area contributed by atoms with Gasteiger partial charge in [-0.15, -0.1) is 0 Å². The maximum absolute atomic E-state index is 10.7. The minimum absolute atomic E-state index is 0.535. The van der Waals surface area contributed by atoms with Crippen LogP contribution in [0.2, 0.25) is 0 Å². The van der Waals surface area contributed by atoms with E-state index in [1.54, 1.807) is 0 Å². The number of halogens is 7. The van der Waals surface area contributed by atoms with E-state index in [0.717, 1.165) is 6.54 Å². The Morgan fingerprint density at radius 3 is 1.73 bits per heavy atom. The van der Waals surface area contributed by atoms with Gasteiger partial charge in [-0.1, -0.05) is 11.6 Å². The van der Waals surface area contributed by atoms with E-state index >= 15 is 0 Å². The summed E-state index contributed by atoms with van der Waals surface area (Å²) in [6.07, 6.45) is 1.85. The molecule has 15 heavy (non-hydrogen) atoms. The van der Waals surface area contributed by atoms with E-state index in [2.05, 4.69) is 5.32 Å². The van der Waals surface area contributed by atoms with Crippen molar-refractivity contribution in [3.8, 4) is 0 Å². The Kier molecular flexibility index (Phi) is 5.42. The molecule has 0 saturated carbocycles. The second-order valence-corrected chi connectivity index (χ2v) is 4.68. The SMILES string of the molecule is CCN/C=[N+](/C)CCl.F[P-](F)(F)(F)(F)F. The first-order chi connectivity index (χ1) is 6.26. The standard InChI is InChI=1S/C5H11ClN2.F6P/c1-3-7-5-8(2)4-6;1-7(2,3,4,5)6/h5H,3-4H2,1-2H3;/q;-1/p+1. The summed E-state index contributed by atoms with van der Waals surface area (Å²) in [7, 11) is -8.75. The second kappa shape index (κ2) is 4.74. The summed E-state index contributed by atoms with van der Waals surface area (Å²) in [5.74, 6) is 0. The number of nitrogens with one attached hydrogen (secondary N) is 1. The molecule has 0 atom stereocenters. The molecule has 0 aliphatic rings. The van der Waals surface area contributed by atoms with Gasteiger partial charge in [0.2, 0.25) is 6.34 Å². The van der Waals surface area contributed by atoms with Gasteiger partial charge in [0, 0.05) is 0 Å². The van der Waals surface area contributed by atoms with Crippen molar-refractivity contribution < 1.29 is 29.8 Å². The van der Waals surface area contributed by atoms with E-state index in [1.165, 1.54) is 0 Å². The molecule has 2 nitrogen and oxygen atoms in total. The molecule has 0 aliphatic heterocycles. The fourth-order valence-corrected chi connectivity index (χ4v) is 0.351. The Morgan fingerprint density at radius 1 is 1.20 bits per heavy atom. The third kappa shape index (κ3) is 57.3. The summed E-state index contributed by atoms with van der Waals surface area (Å²) >= 11 is 5.44. The van der Waals surface area contributed by atoms with E-state index < -0.39 is 7.81 Å². The van der Waals surface area contributed by atoms with E-state index in [0.29, 0.717) is 6.00 Å². The van der Waals surface area contributed by atoms with Crippen molar-refractivity contribution >= 4 is 25.7 Å². The van der Waals surface area contributed by atoms with Crippen LogP contribution >= 0.6 is 19.4 Å². The molecule has 0 aliphatic carbocycles. The van der Waals surface area contributed by atoms with Gasteiger partial charge in [-0.3, -0.25) is 9.89 Å². The van der Waals surface area contributed by atoms with Gasteiger partial charge in [0.05, 0.1) is 13.6 Å². The molecule has 0 rings (SSSR count). The fourth-order valence-electron chi connectivity index (χ4n) is 0.282. The summed E-state index contributed by atoms with van der Waals surface area (Å²) in [6.45, 7) is 2.99. The van der Waals surface area contributed by atoms with Gasteiger partial charge in [-0.2, -0.15) is 0 Å². The average Bonchev–Trinajstić information content (AvgIpc) is 1.94. The molecule has 0 radical (unpaired) electrons. The summed E-state index contributed by atoms with van der Waals surface area (Å²) in [5, 5.41) is 3.02. The van der Waals surface area contributed by atoms with Crippen LogP contribution < -0.4 is 5.32 Å². The van der Waals surface area contributed by atoms with Gasteiger partial charge < -0.3 is 0 Å². The molecule has 0 amide bonds. The van der Waals surface area contributed by atoms with Crippen molar-refractivity contribution in [2.75, 3.05) is 19.6 Å². The molecular formula is C5H12ClF6N2P. The summed E-state index contributed by atoms with van der Waals surface area (Å²) in [5.41, 5.74) is 0. The Labute approximate surface area is 88.1 Å². The molecule has 10 heteroatoms. The third-order valence-corrected chi connectivity index (χ3v) is 1.08. The zero-order valence-corrected chi connectivity index (χ0v) is 9.68. The van der Waals surface area contributed by atoms with Crippen molar-refractivity contribution in [2.24, 2.45) is 0 Å².